The molecule has 2 heterocycles. The monoisotopic (exact) mass is 280 g/mol. The summed E-state index contributed by atoms with van der Waals surface area (Å²) < 4.78 is 7.09. The molecule has 0 bridgehead atoms. The molecule has 0 fully saturated rings. The number of aromatic nitrogens is 4. The van der Waals surface area contributed by atoms with Crippen molar-refractivity contribution in [3.63, 3.8) is 0 Å². The zero-order valence-electron chi connectivity index (χ0n) is 12.2. The van der Waals surface area contributed by atoms with Crippen LogP contribution in [0.15, 0.2) is 42.5 Å². The number of hydrogen-bond donors (Lipinski definition) is 0. The molecule has 0 N–H and O–H groups in total. The van der Waals surface area contributed by atoms with Gasteiger partial charge < -0.3 is 4.74 Å². The van der Waals surface area contributed by atoms with Crippen LogP contribution in [-0.2, 0) is 0 Å². The van der Waals surface area contributed by atoms with Crippen molar-refractivity contribution in [2.75, 3.05) is 7.11 Å². The third-order valence-corrected chi connectivity index (χ3v) is 3.16. The molecule has 0 saturated heterocycles. The van der Waals surface area contributed by atoms with E-state index in [1.165, 1.54) is 0 Å². The first-order chi connectivity index (χ1) is 10.2. The molecule has 0 aliphatic heterocycles. The van der Waals surface area contributed by atoms with E-state index in [1.807, 2.05) is 50.2 Å². The Balaban J connectivity index is 2.16. The van der Waals surface area contributed by atoms with Crippen molar-refractivity contribution >= 4 is 0 Å². The predicted octanol–water partition coefficient (Wildman–Crippen LogP) is 2.95. The minimum Gasteiger partial charge on any atom is -0.481 e. The summed E-state index contributed by atoms with van der Waals surface area (Å²) in [6.07, 6.45) is 0. The Labute approximate surface area is 123 Å². The maximum Gasteiger partial charge on any atom is 0.218 e. The maximum atomic E-state index is 5.29. The van der Waals surface area contributed by atoms with Crippen LogP contribution in [0.4, 0.5) is 0 Å². The van der Waals surface area contributed by atoms with Gasteiger partial charge in [-0.25, -0.2) is 9.67 Å². The van der Waals surface area contributed by atoms with Crippen LogP contribution in [0.2, 0.25) is 0 Å². The van der Waals surface area contributed by atoms with Gasteiger partial charge in [-0.1, -0.05) is 30.3 Å². The highest BCUT2D eigenvalue weighted by Gasteiger charge is 2.11. The Morgan fingerprint density at radius 2 is 1.76 bits per heavy atom. The number of aryl methyl sites for hydroxylation is 2. The van der Waals surface area contributed by atoms with Crippen molar-refractivity contribution in [3.05, 3.63) is 53.9 Å². The molecule has 0 radical (unpaired) electrons. The van der Waals surface area contributed by atoms with E-state index < -0.39 is 0 Å². The lowest BCUT2D eigenvalue weighted by molar-refractivity contribution is 0.397. The van der Waals surface area contributed by atoms with Gasteiger partial charge in [0.1, 0.15) is 0 Å². The van der Waals surface area contributed by atoms with Crippen molar-refractivity contribution in [2.24, 2.45) is 0 Å². The molecular weight excluding hydrogens is 264 g/mol. The van der Waals surface area contributed by atoms with Crippen LogP contribution in [-0.4, -0.2) is 26.9 Å². The van der Waals surface area contributed by atoms with E-state index in [0.717, 1.165) is 17.0 Å². The minimum absolute atomic E-state index is 0.520. The topological polar surface area (TPSA) is 52.8 Å². The van der Waals surface area contributed by atoms with Crippen LogP contribution in [0.25, 0.3) is 17.2 Å². The van der Waals surface area contributed by atoms with E-state index in [4.69, 9.17) is 4.74 Å². The molecule has 3 aromatic rings. The first-order valence-electron chi connectivity index (χ1n) is 6.69. The van der Waals surface area contributed by atoms with E-state index >= 15 is 0 Å². The van der Waals surface area contributed by atoms with Crippen LogP contribution in [0, 0.1) is 13.8 Å². The highest BCUT2D eigenvalue weighted by molar-refractivity contribution is 5.56. The molecule has 0 atom stereocenters. The van der Waals surface area contributed by atoms with E-state index in [-0.39, 0.29) is 0 Å². The lowest BCUT2D eigenvalue weighted by Gasteiger charge is -2.08. The number of hydrogen-bond acceptors (Lipinski definition) is 4. The molecule has 3 rings (SSSR count). The SMILES string of the molecule is COc1cc(-n2nc(C)cc2C)nc(-c2ccccc2)n1. The summed E-state index contributed by atoms with van der Waals surface area (Å²) in [7, 11) is 1.60. The second kappa shape index (κ2) is 5.36. The molecule has 0 amide bonds. The van der Waals surface area contributed by atoms with Crippen molar-refractivity contribution < 1.29 is 4.74 Å². The molecule has 1 aromatic carbocycles. The first-order valence-corrected chi connectivity index (χ1v) is 6.69. The van der Waals surface area contributed by atoms with Crippen molar-refractivity contribution in [1.82, 2.24) is 19.7 Å². The van der Waals surface area contributed by atoms with Gasteiger partial charge in [0.25, 0.3) is 0 Å². The average Bonchev–Trinajstić information content (AvgIpc) is 2.86. The van der Waals surface area contributed by atoms with Crippen molar-refractivity contribution in [3.8, 4) is 23.1 Å². The van der Waals surface area contributed by atoms with Crippen LogP contribution in [0.3, 0.4) is 0 Å². The molecule has 0 aliphatic carbocycles. The first kappa shape index (κ1) is 13.3. The van der Waals surface area contributed by atoms with Gasteiger partial charge in [0.15, 0.2) is 11.6 Å². The molecule has 0 saturated carbocycles. The Morgan fingerprint density at radius 1 is 1.00 bits per heavy atom. The summed E-state index contributed by atoms with van der Waals surface area (Å²) in [6.45, 7) is 3.96. The van der Waals surface area contributed by atoms with E-state index in [9.17, 15) is 0 Å². The lowest BCUT2D eigenvalue weighted by Crippen LogP contribution is -2.05. The average molecular weight is 280 g/mol. The summed E-state index contributed by atoms with van der Waals surface area (Å²) in [4.78, 5) is 9.02. The van der Waals surface area contributed by atoms with Crippen LogP contribution in [0.1, 0.15) is 11.4 Å². The highest BCUT2D eigenvalue weighted by atomic mass is 16.5. The Kier molecular flexibility index (Phi) is 3.39. The normalized spacial score (nSPS) is 10.6. The van der Waals surface area contributed by atoms with Gasteiger partial charge in [-0.15, -0.1) is 0 Å². The molecule has 21 heavy (non-hydrogen) atoms. The quantitative estimate of drug-likeness (QED) is 0.740. The van der Waals surface area contributed by atoms with Crippen LogP contribution in [0.5, 0.6) is 5.88 Å². The smallest absolute Gasteiger partial charge is 0.218 e. The maximum absolute atomic E-state index is 5.29. The second-order valence-electron chi connectivity index (χ2n) is 4.80. The summed E-state index contributed by atoms with van der Waals surface area (Å²) >= 11 is 0. The third-order valence-electron chi connectivity index (χ3n) is 3.16. The molecule has 2 aromatic heterocycles. The van der Waals surface area contributed by atoms with Crippen LogP contribution < -0.4 is 4.74 Å². The summed E-state index contributed by atoms with van der Waals surface area (Å²) in [6, 6.07) is 13.6. The number of methoxy groups -OCH3 is 1. The van der Waals surface area contributed by atoms with Gasteiger partial charge in [0.05, 0.1) is 12.8 Å². The molecule has 106 valence electrons. The summed E-state index contributed by atoms with van der Waals surface area (Å²) in [5.41, 5.74) is 2.91. The predicted molar refractivity (Wildman–Crippen MR) is 80.6 cm³/mol. The minimum atomic E-state index is 0.520. The number of ether oxygens (including phenoxy) is 1. The Morgan fingerprint density at radius 3 is 2.38 bits per heavy atom. The summed E-state index contributed by atoms with van der Waals surface area (Å²) in [5, 5.41) is 4.46. The van der Waals surface area contributed by atoms with E-state index in [0.29, 0.717) is 17.5 Å². The van der Waals surface area contributed by atoms with E-state index in [1.54, 1.807) is 17.9 Å². The van der Waals surface area contributed by atoms with E-state index in [2.05, 4.69) is 15.1 Å². The Hall–Kier alpha value is -2.69. The molecule has 0 spiro atoms. The number of rotatable bonds is 3. The second-order valence-corrected chi connectivity index (χ2v) is 4.80. The fraction of sp³-hybridized carbons (Fsp3) is 0.188. The standard InChI is InChI=1S/C16H16N4O/c1-11-9-12(2)20(19-11)14-10-15(21-3)18-16(17-14)13-7-5-4-6-8-13/h4-10H,1-3H3. The largest absolute Gasteiger partial charge is 0.481 e. The van der Waals surface area contributed by atoms with Gasteiger partial charge in [-0.3, -0.25) is 0 Å². The third kappa shape index (κ3) is 2.63. The molecule has 5 heteroatoms. The lowest BCUT2D eigenvalue weighted by atomic mass is 10.2. The Bertz CT molecular complexity index is 765. The highest BCUT2D eigenvalue weighted by Crippen LogP contribution is 2.21. The van der Waals surface area contributed by atoms with Gasteiger partial charge in [-0.2, -0.15) is 10.1 Å². The van der Waals surface area contributed by atoms with Gasteiger partial charge in [-0.05, 0) is 19.9 Å². The zero-order chi connectivity index (χ0) is 14.8. The molecule has 5 nitrogen and oxygen atoms in total. The van der Waals surface area contributed by atoms with Gasteiger partial charge >= 0.3 is 0 Å². The molecule has 0 unspecified atom stereocenters. The fourth-order valence-electron chi connectivity index (χ4n) is 2.20. The fourth-order valence-corrected chi connectivity index (χ4v) is 2.20. The number of nitrogens with zero attached hydrogens (tertiary/aromatic N) is 4. The van der Waals surface area contributed by atoms with Crippen molar-refractivity contribution in [2.45, 2.75) is 13.8 Å². The van der Waals surface area contributed by atoms with Crippen molar-refractivity contribution in [1.29, 1.82) is 0 Å². The van der Waals surface area contributed by atoms with Crippen LogP contribution >= 0.6 is 0 Å². The summed E-state index contributed by atoms with van der Waals surface area (Å²) in [5.74, 6) is 1.84. The molecule has 0 aliphatic rings. The van der Waals surface area contributed by atoms with Gasteiger partial charge in [0.2, 0.25) is 5.88 Å². The zero-order valence-corrected chi connectivity index (χ0v) is 12.2. The number of benzene rings is 1. The van der Waals surface area contributed by atoms with Gasteiger partial charge in [0, 0.05) is 17.3 Å². The molecular formula is C16H16N4O.